The highest BCUT2D eigenvalue weighted by Crippen LogP contribution is 2.30. The minimum absolute atomic E-state index is 0. The van der Waals surface area contributed by atoms with Gasteiger partial charge < -0.3 is 17.0 Å². The van der Waals surface area contributed by atoms with Crippen LogP contribution in [0.15, 0.2) is 11.4 Å². The molecule has 0 spiro atoms. The number of nitrogens with zero attached hydrogens (tertiary/aromatic N) is 4. The summed E-state index contributed by atoms with van der Waals surface area (Å²) in [4.78, 5) is 20.4. The largest absolute Gasteiger partial charge is 1.00 e. The molecule has 0 N–H and O–H groups in total. The van der Waals surface area contributed by atoms with Crippen LogP contribution in [0.25, 0.3) is 0 Å². The van der Waals surface area contributed by atoms with Gasteiger partial charge in [0, 0.05) is 0 Å². The summed E-state index contributed by atoms with van der Waals surface area (Å²) >= 11 is 7.53. The molecule has 5 rings (SSSR count). The van der Waals surface area contributed by atoms with Crippen molar-refractivity contribution in [1.82, 2.24) is 14.7 Å². The quantitative estimate of drug-likeness (QED) is 0.453. The van der Waals surface area contributed by atoms with Crippen LogP contribution in [0.3, 0.4) is 0 Å². The van der Waals surface area contributed by atoms with Crippen LogP contribution in [0.2, 0.25) is 5.02 Å². The summed E-state index contributed by atoms with van der Waals surface area (Å²) in [6.45, 7) is 6.66. The number of halogens is 2. The smallest absolute Gasteiger partial charge is 0.228 e. The second-order valence-corrected chi connectivity index (χ2v) is 7.20. The lowest BCUT2D eigenvalue weighted by Gasteiger charge is -2.60. The average molecular weight is 380 g/mol. The first-order valence-electron chi connectivity index (χ1n) is 6.42. The minimum atomic E-state index is 0. The Kier molecular flexibility index (Phi) is 3.96. The molecule has 0 aromatic carbocycles. The van der Waals surface area contributed by atoms with Gasteiger partial charge in [0.1, 0.15) is 26.6 Å². The monoisotopic (exact) mass is 378 g/mol. The van der Waals surface area contributed by atoms with Gasteiger partial charge in [-0.2, -0.15) is 0 Å². The molecule has 1 aromatic rings. The topological polar surface area (TPSA) is 26.8 Å². The number of hydrogen-bond donors (Lipinski definition) is 0. The van der Waals surface area contributed by atoms with Crippen molar-refractivity contribution in [3.05, 3.63) is 21.3 Å². The maximum Gasteiger partial charge on any atom is 0.228 e. The van der Waals surface area contributed by atoms with Gasteiger partial charge >= 0.3 is 0 Å². The Morgan fingerprint density at radius 2 is 1.75 bits per heavy atom. The molecule has 110 valence electrons. The Morgan fingerprint density at radius 3 is 2.20 bits per heavy atom. The van der Waals surface area contributed by atoms with E-state index in [9.17, 15) is 4.79 Å². The molecule has 0 unspecified atom stereocenters. The standard InChI is InChI=1S/C12H16ClN4OS.BrH/c13-10-1-2-19-12(10)11(18)3-17-7-14-4-15(8-17)6-16(5-14)9-17;/h1-2H,3-9H2;1H/q+1;/p-1. The highest BCUT2D eigenvalue weighted by molar-refractivity contribution is 7.12. The molecular formula is C12H16BrClN4OS. The van der Waals surface area contributed by atoms with Crippen LogP contribution in [0.1, 0.15) is 9.67 Å². The fourth-order valence-corrected chi connectivity index (χ4v) is 4.77. The van der Waals surface area contributed by atoms with Gasteiger partial charge in [-0.3, -0.25) is 9.28 Å². The molecular weight excluding hydrogens is 364 g/mol. The molecule has 0 saturated carbocycles. The number of carbonyl (C=O) groups is 1. The van der Waals surface area contributed by atoms with Crippen LogP contribution in [0, 0.1) is 0 Å². The molecule has 0 atom stereocenters. The summed E-state index contributed by atoms with van der Waals surface area (Å²) in [6.07, 6.45) is 0. The van der Waals surface area contributed by atoms with E-state index in [1.807, 2.05) is 11.4 Å². The van der Waals surface area contributed by atoms with Gasteiger partial charge in [-0.05, 0) is 11.4 Å². The zero-order chi connectivity index (χ0) is 13.0. The molecule has 5 nitrogen and oxygen atoms in total. The average Bonchev–Trinajstić information content (AvgIpc) is 2.72. The number of rotatable bonds is 3. The summed E-state index contributed by atoms with van der Waals surface area (Å²) in [7, 11) is 0. The van der Waals surface area contributed by atoms with Crippen molar-refractivity contribution < 1.29 is 26.3 Å². The number of thiophene rings is 1. The summed E-state index contributed by atoms with van der Waals surface area (Å²) < 4.78 is 0.840. The van der Waals surface area contributed by atoms with E-state index in [0.717, 1.165) is 49.4 Å². The molecule has 4 aliphatic heterocycles. The van der Waals surface area contributed by atoms with Crippen molar-refractivity contribution >= 4 is 28.7 Å². The molecule has 4 saturated heterocycles. The van der Waals surface area contributed by atoms with Gasteiger partial charge in [-0.15, -0.1) is 11.3 Å². The number of Topliss-reactive ketones (excluding diaryl/α,β-unsaturated/α-hetero) is 1. The van der Waals surface area contributed by atoms with Crippen LogP contribution in [0.5, 0.6) is 0 Å². The third-order valence-corrected chi connectivity index (χ3v) is 5.43. The van der Waals surface area contributed by atoms with Gasteiger partial charge in [-0.1, -0.05) is 11.6 Å². The minimum Gasteiger partial charge on any atom is -1.00 e. The van der Waals surface area contributed by atoms with Crippen LogP contribution in [0.4, 0.5) is 0 Å². The normalized spacial score (nSPS) is 37.8. The maximum atomic E-state index is 12.5. The molecule has 20 heavy (non-hydrogen) atoms. The van der Waals surface area contributed by atoms with Crippen LogP contribution in [-0.2, 0) is 0 Å². The summed E-state index contributed by atoms with van der Waals surface area (Å²) in [5.41, 5.74) is 0. The van der Waals surface area contributed by atoms with E-state index in [0.29, 0.717) is 11.6 Å². The van der Waals surface area contributed by atoms with Gasteiger partial charge in [-0.25, -0.2) is 14.7 Å². The van der Waals surface area contributed by atoms with Crippen molar-refractivity contribution in [3.8, 4) is 0 Å². The molecule has 4 bridgehead atoms. The molecule has 1 aromatic heterocycles. The van der Waals surface area contributed by atoms with E-state index < -0.39 is 0 Å². The predicted octanol–water partition coefficient (Wildman–Crippen LogP) is -1.90. The van der Waals surface area contributed by atoms with Crippen molar-refractivity contribution in [1.29, 1.82) is 0 Å². The van der Waals surface area contributed by atoms with Crippen LogP contribution < -0.4 is 17.0 Å². The summed E-state index contributed by atoms with van der Waals surface area (Å²) in [6, 6.07) is 1.81. The molecule has 4 aliphatic rings. The first-order chi connectivity index (χ1) is 9.13. The fraction of sp³-hybridized carbons (Fsp3) is 0.583. The number of hydrogen-bond acceptors (Lipinski definition) is 5. The Balaban J connectivity index is 0.00000121. The molecule has 0 radical (unpaired) electrons. The second kappa shape index (κ2) is 5.31. The zero-order valence-electron chi connectivity index (χ0n) is 11.0. The molecule has 0 amide bonds. The van der Waals surface area contributed by atoms with Crippen LogP contribution >= 0.6 is 22.9 Å². The maximum absolute atomic E-state index is 12.5. The van der Waals surface area contributed by atoms with Crippen molar-refractivity contribution in [2.45, 2.75) is 0 Å². The highest BCUT2D eigenvalue weighted by atomic mass is 79.9. The summed E-state index contributed by atoms with van der Waals surface area (Å²) in [5.74, 6) is 0.186. The molecule has 5 heterocycles. The fourth-order valence-electron chi connectivity index (χ4n) is 3.68. The van der Waals surface area contributed by atoms with Crippen molar-refractivity contribution in [2.24, 2.45) is 0 Å². The van der Waals surface area contributed by atoms with Gasteiger partial charge in [0.05, 0.1) is 29.9 Å². The molecule has 0 aliphatic carbocycles. The Hall–Kier alpha value is -0.0200. The van der Waals surface area contributed by atoms with Gasteiger partial charge in [0.15, 0.2) is 0 Å². The highest BCUT2D eigenvalue weighted by Gasteiger charge is 2.49. The number of ketones is 1. The van der Waals surface area contributed by atoms with E-state index in [2.05, 4.69) is 14.7 Å². The lowest BCUT2D eigenvalue weighted by molar-refractivity contribution is -0.973. The third-order valence-electron chi connectivity index (χ3n) is 4.05. The SMILES string of the molecule is O=C(C[N+]12CN3CN(CN(C3)C1)C2)c1sccc1Cl.[Br-]. The van der Waals surface area contributed by atoms with E-state index in [-0.39, 0.29) is 22.8 Å². The number of carbonyl (C=O) groups excluding carboxylic acids is 1. The molecule has 4 fully saturated rings. The lowest BCUT2D eigenvalue weighted by atomic mass is 10.2. The Labute approximate surface area is 137 Å². The van der Waals surface area contributed by atoms with Crippen molar-refractivity contribution in [3.63, 3.8) is 0 Å². The van der Waals surface area contributed by atoms with E-state index in [1.165, 1.54) is 11.3 Å². The van der Waals surface area contributed by atoms with Crippen molar-refractivity contribution in [2.75, 3.05) is 46.6 Å². The van der Waals surface area contributed by atoms with E-state index >= 15 is 0 Å². The predicted molar refractivity (Wildman–Crippen MR) is 73.5 cm³/mol. The second-order valence-electron chi connectivity index (χ2n) is 5.88. The Morgan fingerprint density at radius 1 is 1.20 bits per heavy atom. The lowest BCUT2D eigenvalue weighted by Crippen LogP contribution is -3.00. The van der Waals surface area contributed by atoms with Crippen LogP contribution in [-0.4, -0.2) is 71.5 Å². The van der Waals surface area contributed by atoms with Gasteiger partial charge in [0.25, 0.3) is 0 Å². The third kappa shape index (κ3) is 2.45. The Bertz CT molecular complexity index is 502. The van der Waals surface area contributed by atoms with E-state index in [1.54, 1.807) is 0 Å². The molecule has 8 heteroatoms. The first kappa shape index (κ1) is 14.9. The van der Waals surface area contributed by atoms with Gasteiger partial charge in [0.2, 0.25) is 5.78 Å². The number of quaternary nitrogens is 1. The van der Waals surface area contributed by atoms with E-state index in [4.69, 9.17) is 11.6 Å². The summed E-state index contributed by atoms with van der Waals surface area (Å²) in [5, 5.41) is 2.49. The first-order valence-corrected chi connectivity index (χ1v) is 7.68. The zero-order valence-corrected chi connectivity index (χ0v) is 14.1.